The number of hydrogen-bond donors (Lipinski definition) is 0. The van der Waals surface area contributed by atoms with Crippen molar-refractivity contribution in [2.24, 2.45) is 0 Å². The summed E-state index contributed by atoms with van der Waals surface area (Å²) >= 11 is 0. The minimum Gasteiger partial charge on any atom is -0.497 e. The highest BCUT2D eigenvalue weighted by molar-refractivity contribution is 7.89. The number of sulfonamides is 1. The van der Waals surface area contributed by atoms with Gasteiger partial charge in [0.25, 0.3) is 0 Å². The zero-order valence-electron chi connectivity index (χ0n) is 16.7. The summed E-state index contributed by atoms with van der Waals surface area (Å²) in [6, 6.07) is 14.1. The van der Waals surface area contributed by atoms with Crippen molar-refractivity contribution < 1.29 is 21.9 Å². The lowest BCUT2D eigenvalue weighted by Crippen LogP contribution is -2.49. The van der Waals surface area contributed by atoms with Gasteiger partial charge in [0.15, 0.2) is 10.7 Å². The van der Waals surface area contributed by atoms with Crippen LogP contribution in [0.5, 0.6) is 5.75 Å². The molecule has 1 aliphatic rings. The molecular weight excluding hydrogens is 426 g/mol. The standard InChI is InChI=1S/C21H20F2N4O3S/c1-30-16-7-5-15(6-8-16)19-9-10-20(25-24-19)26-11-13-27(14-12-26)31(28,29)21-17(22)3-2-4-18(21)23/h2-10H,11-14H2,1H3. The summed E-state index contributed by atoms with van der Waals surface area (Å²) in [6.07, 6.45) is 0. The molecule has 0 atom stereocenters. The molecule has 0 bridgehead atoms. The molecule has 0 aliphatic carbocycles. The number of benzene rings is 2. The second kappa shape index (κ2) is 8.56. The van der Waals surface area contributed by atoms with Gasteiger partial charge >= 0.3 is 0 Å². The molecule has 1 aliphatic heterocycles. The smallest absolute Gasteiger partial charge is 0.249 e. The summed E-state index contributed by atoms with van der Waals surface area (Å²) in [7, 11) is -2.67. The van der Waals surface area contributed by atoms with Crippen molar-refractivity contribution in [1.29, 1.82) is 0 Å². The van der Waals surface area contributed by atoms with Crippen molar-refractivity contribution in [2.75, 3.05) is 38.2 Å². The van der Waals surface area contributed by atoms with Gasteiger partial charge in [-0.3, -0.25) is 0 Å². The lowest BCUT2D eigenvalue weighted by Gasteiger charge is -2.34. The van der Waals surface area contributed by atoms with Crippen LogP contribution in [0, 0.1) is 11.6 Å². The Morgan fingerprint density at radius 3 is 2.06 bits per heavy atom. The van der Waals surface area contributed by atoms with Crippen LogP contribution in [0.25, 0.3) is 11.3 Å². The van der Waals surface area contributed by atoms with E-state index in [9.17, 15) is 17.2 Å². The SMILES string of the molecule is COc1ccc(-c2ccc(N3CCN(S(=O)(=O)c4c(F)cccc4F)CC3)nn2)cc1. The van der Waals surface area contributed by atoms with Gasteiger partial charge in [0, 0.05) is 31.7 Å². The molecule has 0 saturated carbocycles. The van der Waals surface area contributed by atoms with E-state index in [0.717, 1.165) is 33.8 Å². The number of aromatic nitrogens is 2. The molecular formula is C21H20F2N4O3S. The molecule has 3 aromatic rings. The van der Waals surface area contributed by atoms with Gasteiger partial charge in [0.05, 0.1) is 12.8 Å². The van der Waals surface area contributed by atoms with Gasteiger partial charge < -0.3 is 9.64 Å². The van der Waals surface area contributed by atoms with Gasteiger partial charge in [-0.1, -0.05) is 6.07 Å². The number of rotatable bonds is 5. The number of halogens is 2. The van der Waals surface area contributed by atoms with E-state index in [0.29, 0.717) is 24.6 Å². The van der Waals surface area contributed by atoms with E-state index in [1.807, 2.05) is 41.3 Å². The summed E-state index contributed by atoms with van der Waals surface area (Å²) in [6.45, 7) is 0.813. The monoisotopic (exact) mass is 446 g/mol. The fraction of sp³-hybridized carbons (Fsp3) is 0.238. The fourth-order valence-electron chi connectivity index (χ4n) is 3.43. The molecule has 31 heavy (non-hydrogen) atoms. The van der Waals surface area contributed by atoms with Crippen LogP contribution in [0.3, 0.4) is 0 Å². The number of hydrogen-bond acceptors (Lipinski definition) is 6. The lowest BCUT2D eigenvalue weighted by atomic mass is 10.1. The van der Waals surface area contributed by atoms with Crippen LogP contribution >= 0.6 is 0 Å². The predicted molar refractivity (Wildman–Crippen MR) is 111 cm³/mol. The number of anilines is 1. The van der Waals surface area contributed by atoms with Crippen LogP contribution in [-0.2, 0) is 10.0 Å². The van der Waals surface area contributed by atoms with Crippen LogP contribution in [0.15, 0.2) is 59.5 Å². The average Bonchev–Trinajstić information content (AvgIpc) is 2.79. The van der Waals surface area contributed by atoms with Crippen molar-refractivity contribution in [3.63, 3.8) is 0 Å². The van der Waals surface area contributed by atoms with E-state index in [4.69, 9.17) is 4.74 Å². The summed E-state index contributed by atoms with van der Waals surface area (Å²) < 4.78 is 59.6. The molecule has 0 unspecified atom stereocenters. The molecule has 2 heterocycles. The van der Waals surface area contributed by atoms with Crippen molar-refractivity contribution in [2.45, 2.75) is 4.90 Å². The van der Waals surface area contributed by atoms with Crippen LogP contribution in [0.4, 0.5) is 14.6 Å². The van der Waals surface area contributed by atoms with Crippen LogP contribution in [0.2, 0.25) is 0 Å². The summed E-state index contributed by atoms with van der Waals surface area (Å²) in [5.41, 5.74) is 1.59. The Morgan fingerprint density at radius 2 is 1.52 bits per heavy atom. The molecule has 4 rings (SSSR count). The zero-order chi connectivity index (χ0) is 22.0. The van der Waals surface area contributed by atoms with Crippen LogP contribution < -0.4 is 9.64 Å². The Kier molecular flexibility index (Phi) is 5.84. The first kappa shape index (κ1) is 21.1. The maximum Gasteiger partial charge on any atom is 0.249 e. The molecule has 10 heteroatoms. The molecule has 2 aromatic carbocycles. The van der Waals surface area contributed by atoms with Crippen molar-refractivity contribution >= 4 is 15.8 Å². The van der Waals surface area contributed by atoms with Crippen LogP contribution in [0.1, 0.15) is 0 Å². The van der Waals surface area contributed by atoms with E-state index in [-0.39, 0.29) is 13.1 Å². The first-order valence-corrected chi connectivity index (χ1v) is 11.0. The minimum absolute atomic E-state index is 0.0814. The molecule has 1 aromatic heterocycles. The quantitative estimate of drug-likeness (QED) is 0.600. The number of ether oxygens (including phenoxy) is 1. The first-order valence-electron chi connectivity index (χ1n) is 9.57. The Hall–Kier alpha value is -3.11. The third-order valence-corrected chi connectivity index (χ3v) is 7.07. The maximum atomic E-state index is 14.0. The lowest BCUT2D eigenvalue weighted by molar-refractivity contribution is 0.377. The maximum absolute atomic E-state index is 14.0. The molecule has 1 fully saturated rings. The Bertz CT molecular complexity index is 1140. The Balaban J connectivity index is 1.45. The minimum atomic E-state index is -4.27. The molecule has 0 spiro atoms. The number of piperazine rings is 1. The van der Waals surface area contributed by atoms with Crippen molar-refractivity contribution in [3.05, 3.63) is 66.2 Å². The van der Waals surface area contributed by atoms with E-state index >= 15 is 0 Å². The van der Waals surface area contributed by atoms with E-state index < -0.39 is 26.6 Å². The summed E-state index contributed by atoms with van der Waals surface area (Å²) in [5.74, 6) is -0.840. The van der Waals surface area contributed by atoms with Gasteiger partial charge in [0.1, 0.15) is 17.4 Å². The molecule has 1 saturated heterocycles. The highest BCUT2D eigenvalue weighted by Gasteiger charge is 2.33. The second-order valence-electron chi connectivity index (χ2n) is 6.95. The molecule has 0 amide bonds. The highest BCUT2D eigenvalue weighted by atomic mass is 32.2. The fourth-order valence-corrected chi connectivity index (χ4v) is 4.96. The largest absolute Gasteiger partial charge is 0.497 e. The van der Waals surface area contributed by atoms with Crippen molar-refractivity contribution in [3.8, 4) is 17.0 Å². The second-order valence-corrected chi connectivity index (χ2v) is 8.82. The molecule has 0 N–H and O–H groups in total. The molecule has 0 radical (unpaired) electrons. The summed E-state index contributed by atoms with van der Waals surface area (Å²) in [5, 5.41) is 8.51. The normalized spacial score (nSPS) is 15.1. The first-order chi connectivity index (χ1) is 14.9. The average molecular weight is 446 g/mol. The van der Waals surface area contributed by atoms with Gasteiger partial charge in [-0.2, -0.15) is 4.31 Å². The van der Waals surface area contributed by atoms with Gasteiger partial charge in [0.2, 0.25) is 10.0 Å². The van der Waals surface area contributed by atoms with E-state index in [1.54, 1.807) is 7.11 Å². The Morgan fingerprint density at radius 1 is 0.871 bits per heavy atom. The number of nitrogens with zero attached hydrogens (tertiary/aromatic N) is 4. The number of methoxy groups -OCH3 is 1. The zero-order valence-corrected chi connectivity index (χ0v) is 17.5. The van der Waals surface area contributed by atoms with Gasteiger partial charge in [-0.15, -0.1) is 10.2 Å². The topological polar surface area (TPSA) is 75.6 Å². The third kappa shape index (κ3) is 4.21. The van der Waals surface area contributed by atoms with E-state index in [1.165, 1.54) is 0 Å². The van der Waals surface area contributed by atoms with Crippen LogP contribution in [-0.4, -0.2) is 56.2 Å². The highest BCUT2D eigenvalue weighted by Crippen LogP contribution is 2.25. The van der Waals surface area contributed by atoms with Gasteiger partial charge in [-0.05, 0) is 48.5 Å². The van der Waals surface area contributed by atoms with Crippen molar-refractivity contribution in [1.82, 2.24) is 14.5 Å². The summed E-state index contributed by atoms with van der Waals surface area (Å²) in [4.78, 5) is 0.973. The molecule has 162 valence electrons. The molecule has 7 nitrogen and oxygen atoms in total. The van der Waals surface area contributed by atoms with Gasteiger partial charge in [-0.25, -0.2) is 17.2 Å². The Labute approximate surface area is 178 Å². The predicted octanol–water partition coefficient (Wildman–Crippen LogP) is 2.94. The van der Waals surface area contributed by atoms with E-state index in [2.05, 4.69) is 10.2 Å². The third-order valence-electron chi connectivity index (χ3n) is 5.12.